The van der Waals surface area contributed by atoms with Crippen molar-refractivity contribution in [2.45, 2.75) is 51.3 Å². The van der Waals surface area contributed by atoms with E-state index in [1.54, 1.807) is 14.2 Å². The van der Waals surface area contributed by atoms with Gasteiger partial charge < -0.3 is 30.0 Å². The summed E-state index contributed by atoms with van der Waals surface area (Å²) in [5, 5.41) is 22.5. The van der Waals surface area contributed by atoms with Crippen LogP contribution in [-0.4, -0.2) is 72.5 Å². The fourth-order valence-electron chi connectivity index (χ4n) is 5.28. The van der Waals surface area contributed by atoms with E-state index in [1.807, 2.05) is 29.1 Å². The van der Waals surface area contributed by atoms with E-state index in [0.29, 0.717) is 24.1 Å². The topological polar surface area (TPSA) is 103 Å². The summed E-state index contributed by atoms with van der Waals surface area (Å²) in [6.07, 6.45) is 4.74. The lowest BCUT2D eigenvalue weighted by molar-refractivity contribution is 0.0761. The Morgan fingerprint density at radius 3 is 2.72 bits per heavy atom. The number of likely N-dealkylation sites (N-methyl/N-ethyl adjacent to an activating group) is 1. The Morgan fingerprint density at radius 2 is 2.06 bits per heavy atom. The van der Waals surface area contributed by atoms with Gasteiger partial charge in [-0.25, -0.2) is 9.67 Å². The van der Waals surface area contributed by atoms with Crippen molar-refractivity contribution in [2.24, 2.45) is 5.41 Å². The predicted molar refractivity (Wildman–Crippen MR) is 140 cm³/mol. The fourth-order valence-corrected chi connectivity index (χ4v) is 5.28. The van der Waals surface area contributed by atoms with Crippen LogP contribution in [0.1, 0.15) is 39.2 Å². The number of rotatable bonds is 10. The van der Waals surface area contributed by atoms with Crippen molar-refractivity contribution in [1.29, 1.82) is 0 Å². The molecule has 0 amide bonds. The number of anilines is 1. The van der Waals surface area contributed by atoms with Gasteiger partial charge in [0.1, 0.15) is 24.2 Å². The van der Waals surface area contributed by atoms with Crippen LogP contribution in [0, 0.1) is 5.41 Å². The molecule has 2 aromatic heterocycles. The summed E-state index contributed by atoms with van der Waals surface area (Å²) >= 11 is 0. The van der Waals surface area contributed by atoms with E-state index in [4.69, 9.17) is 19.2 Å². The molecule has 1 aromatic carbocycles. The van der Waals surface area contributed by atoms with Gasteiger partial charge in [0.2, 0.25) is 0 Å². The molecule has 3 atom stereocenters. The molecule has 1 aliphatic heterocycles. The standard InChI is InChI=1S/C27H37N5O4/c1-17(2)32-26-22(14-29-32)24(30-25-5-6-27(25)7-8-35-16-27)12-23(31-26)18-9-20(34-4)11-21(10-18)36-15-19(33)13-28-3/h9-12,14,17,19,25,28,33H,5-8,13,15-16H2,1-4H3,(H,30,31)/t19?,25-,27?/m1/s1. The van der Waals surface area contributed by atoms with Gasteiger partial charge in [-0.3, -0.25) is 0 Å². The van der Waals surface area contributed by atoms with E-state index >= 15 is 0 Å². The minimum absolute atomic E-state index is 0.175. The maximum absolute atomic E-state index is 10.1. The molecule has 2 aliphatic rings. The van der Waals surface area contributed by atoms with Gasteiger partial charge in [-0.2, -0.15) is 5.10 Å². The van der Waals surface area contributed by atoms with Crippen LogP contribution < -0.4 is 20.1 Å². The molecule has 1 saturated heterocycles. The second-order valence-electron chi connectivity index (χ2n) is 10.3. The van der Waals surface area contributed by atoms with Gasteiger partial charge in [-0.15, -0.1) is 0 Å². The number of aromatic nitrogens is 3. The highest BCUT2D eigenvalue weighted by atomic mass is 16.5. The monoisotopic (exact) mass is 495 g/mol. The van der Waals surface area contributed by atoms with Gasteiger partial charge in [0.25, 0.3) is 0 Å². The fraction of sp³-hybridized carbons (Fsp3) is 0.556. The smallest absolute Gasteiger partial charge is 0.160 e. The number of ether oxygens (including phenoxy) is 3. The van der Waals surface area contributed by atoms with Gasteiger partial charge in [0.15, 0.2) is 5.65 Å². The molecule has 3 aromatic rings. The molecule has 1 aliphatic carbocycles. The van der Waals surface area contributed by atoms with Crippen LogP contribution in [-0.2, 0) is 4.74 Å². The van der Waals surface area contributed by atoms with Crippen molar-refractivity contribution in [1.82, 2.24) is 20.1 Å². The van der Waals surface area contributed by atoms with Crippen LogP contribution in [0.3, 0.4) is 0 Å². The Kier molecular flexibility index (Phi) is 7.05. The molecule has 0 bridgehead atoms. The van der Waals surface area contributed by atoms with E-state index < -0.39 is 6.10 Å². The van der Waals surface area contributed by atoms with Gasteiger partial charge >= 0.3 is 0 Å². The van der Waals surface area contributed by atoms with Crippen molar-refractivity contribution >= 4 is 16.7 Å². The number of hydrogen-bond acceptors (Lipinski definition) is 8. The molecule has 194 valence electrons. The second-order valence-corrected chi connectivity index (χ2v) is 10.3. The second kappa shape index (κ2) is 10.2. The minimum atomic E-state index is -0.607. The number of hydrogen-bond donors (Lipinski definition) is 3. The van der Waals surface area contributed by atoms with E-state index in [1.165, 1.54) is 6.42 Å². The summed E-state index contributed by atoms with van der Waals surface area (Å²) in [5.41, 5.74) is 3.79. The molecule has 2 unspecified atom stereocenters. The van der Waals surface area contributed by atoms with Gasteiger partial charge in [0, 0.05) is 48.0 Å². The predicted octanol–water partition coefficient (Wildman–Crippen LogP) is 3.63. The summed E-state index contributed by atoms with van der Waals surface area (Å²) in [7, 11) is 3.43. The van der Waals surface area contributed by atoms with Crippen LogP contribution in [0.5, 0.6) is 11.5 Å². The summed E-state index contributed by atoms with van der Waals surface area (Å²) in [4.78, 5) is 5.03. The van der Waals surface area contributed by atoms with Gasteiger partial charge in [-0.1, -0.05) is 0 Å². The number of pyridine rings is 1. The average molecular weight is 496 g/mol. The zero-order valence-electron chi connectivity index (χ0n) is 21.6. The van der Waals surface area contributed by atoms with Crippen LogP contribution in [0.15, 0.2) is 30.5 Å². The zero-order valence-corrected chi connectivity index (χ0v) is 21.6. The number of aliphatic hydroxyl groups is 1. The molecule has 9 nitrogen and oxygen atoms in total. The number of fused-ring (bicyclic) bond motifs is 1. The maximum Gasteiger partial charge on any atom is 0.160 e. The Labute approximate surface area is 212 Å². The van der Waals surface area contributed by atoms with E-state index in [-0.39, 0.29) is 18.1 Å². The Balaban J connectivity index is 1.53. The quantitative estimate of drug-likeness (QED) is 0.392. The third-order valence-electron chi connectivity index (χ3n) is 7.48. The molecule has 3 N–H and O–H groups in total. The number of aliphatic hydroxyl groups excluding tert-OH is 1. The summed E-state index contributed by atoms with van der Waals surface area (Å²) < 4.78 is 19.2. The van der Waals surface area contributed by atoms with E-state index in [2.05, 4.69) is 35.6 Å². The normalized spacial score (nSPS) is 22.2. The molecule has 1 spiro atoms. The third-order valence-corrected chi connectivity index (χ3v) is 7.48. The Hall–Kier alpha value is -2.88. The summed E-state index contributed by atoms with van der Waals surface area (Å²) in [5.74, 6) is 1.29. The van der Waals surface area contributed by atoms with Gasteiger partial charge in [-0.05, 0) is 58.4 Å². The van der Waals surface area contributed by atoms with Crippen molar-refractivity contribution in [2.75, 3.05) is 45.8 Å². The summed E-state index contributed by atoms with van der Waals surface area (Å²) in [6, 6.07) is 8.38. The highest BCUT2D eigenvalue weighted by Gasteiger charge is 2.49. The van der Waals surface area contributed by atoms with Crippen LogP contribution >= 0.6 is 0 Å². The zero-order chi connectivity index (χ0) is 25.3. The van der Waals surface area contributed by atoms with Gasteiger partial charge in [0.05, 0.1) is 31.0 Å². The maximum atomic E-state index is 10.1. The molecule has 9 heteroatoms. The highest BCUT2D eigenvalue weighted by Crippen LogP contribution is 2.49. The first-order valence-corrected chi connectivity index (χ1v) is 12.8. The number of benzene rings is 1. The Bertz CT molecular complexity index is 1200. The van der Waals surface area contributed by atoms with Crippen LogP contribution in [0.4, 0.5) is 5.69 Å². The SMILES string of the molecule is CNCC(O)COc1cc(OC)cc(-c2cc(N[C@@H]3CCC34CCOC4)c3cnn(C(C)C)c3n2)c1. The average Bonchev–Trinajstić information content (AvgIpc) is 3.54. The van der Waals surface area contributed by atoms with Crippen LogP contribution in [0.25, 0.3) is 22.3 Å². The molecule has 5 rings (SSSR count). The van der Waals surface area contributed by atoms with Crippen molar-refractivity contribution in [3.05, 3.63) is 30.5 Å². The first kappa shape index (κ1) is 24.8. The van der Waals surface area contributed by atoms with Crippen molar-refractivity contribution in [3.63, 3.8) is 0 Å². The van der Waals surface area contributed by atoms with Crippen molar-refractivity contribution < 1.29 is 19.3 Å². The third kappa shape index (κ3) is 4.75. The van der Waals surface area contributed by atoms with E-state index in [0.717, 1.165) is 54.0 Å². The van der Waals surface area contributed by atoms with E-state index in [9.17, 15) is 5.11 Å². The molecule has 36 heavy (non-hydrogen) atoms. The lowest BCUT2D eigenvalue weighted by Crippen LogP contribution is -2.50. The highest BCUT2D eigenvalue weighted by molar-refractivity contribution is 5.92. The number of nitrogens with one attached hydrogen (secondary N) is 2. The molecule has 1 saturated carbocycles. The minimum Gasteiger partial charge on any atom is -0.497 e. The summed E-state index contributed by atoms with van der Waals surface area (Å²) in [6.45, 7) is 6.52. The van der Waals surface area contributed by atoms with Crippen molar-refractivity contribution in [3.8, 4) is 22.8 Å². The first-order chi connectivity index (χ1) is 17.4. The molecule has 2 fully saturated rings. The Morgan fingerprint density at radius 1 is 1.22 bits per heavy atom. The molecule has 3 heterocycles. The molecule has 0 radical (unpaired) electrons. The lowest BCUT2D eigenvalue weighted by Gasteiger charge is -2.47. The molecular formula is C27H37N5O4. The largest absolute Gasteiger partial charge is 0.497 e. The first-order valence-electron chi connectivity index (χ1n) is 12.8. The van der Waals surface area contributed by atoms with Crippen LogP contribution in [0.2, 0.25) is 0 Å². The number of methoxy groups -OCH3 is 1. The number of nitrogens with zero attached hydrogens (tertiary/aromatic N) is 3. The molecular weight excluding hydrogens is 458 g/mol. The lowest BCUT2D eigenvalue weighted by atomic mass is 9.64.